The fourth-order valence-corrected chi connectivity index (χ4v) is 3.50. The van der Waals surface area contributed by atoms with Gasteiger partial charge in [-0.1, -0.05) is 47.6 Å². The second-order valence-electron chi connectivity index (χ2n) is 6.78. The first-order valence-corrected chi connectivity index (χ1v) is 9.16. The van der Waals surface area contributed by atoms with Gasteiger partial charge in [0.2, 0.25) is 11.8 Å². The molecule has 1 fully saturated rings. The lowest BCUT2D eigenvalue weighted by molar-refractivity contribution is -0.129. The smallest absolute Gasteiger partial charge is 0.226 e. The third-order valence-electron chi connectivity index (χ3n) is 4.89. The van der Waals surface area contributed by atoms with Gasteiger partial charge in [0.25, 0.3) is 0 Å². The molecule has 3 aromatic rings. The zero-order valence-corrected chi connectivity index (χ0v) is 14.9. The van der Waals surface area contributed by atoms with Gasteiger partial charge >= 0.3 is 0 Å². The molecule has 27 heavy (non-hydrogen) atoms. The molecular weight excluding hydrogens is 342 g/mol. The van der Waals surface area contributed by atoms with Gasteiger partial charge in [0.15, 0.2) is 5.58 Å². The van der Waals surface area contributed by atoms with Gasteiger partial charge in [-0.2, -0.15) is 0 Å². The van der Waals surface area contributed by atoms with E-state index >= 15 is 0 Å². The largest absolute Gasteiger partial charge is 0.356 e. The van der Waals surface area contributed by atoms with Crippen LogP contribution in [-0.4, -0.2) is 35.0 Å². The summed E-state index contributed by atoms with van der Waals surface area (Å²) in [6, 6.07) is 17.0. The number of likely N-dealkylation sites (tertiary alicyclic amines) is 1. The van der Waals surface area contributed by atoms with Crippen LogP contribution in [0.2, 0.25) is 0 Å². The average Bonchev–Trinajstić information content (AvgIpc) is 3.28. The van der Waals surface area contributed by atoms with Crippen molar-refractivity contribution in [3.8, 4) is 0 Å². The van der Waals surface area contributed by atoms with E-state index in [9.17, 15) is 9.59 Å². The van der Waals surface area contributed by atoms with Crippen molar-refractivity contribution < 1.29 is 14.1 Å². The first-order chi connectivity index (χ1) is 13.2. The van der Waals surface area contributed by atoms with Crippen LogP contribution in [0, 0.1) is 0 Å². The molecule has 1 atom stereocenters. The Hall–Kier alpha value is -3.15. The van der Waals surface area contributed by atoms with Crippen LogP contribution in [0.3, 0.4) is 0 Å². The number of nitrogens with one attached hydrogen (secondary N) is 1. The van der Waals surface area contributed by atoms with E-state index in [2.05, 4.69) is 10.5 Å². The molecule has 1 aromatic heterocycles. The maximum Gasteiger partial charge on any atom is 0.226 e. The van der Waals surface area contributed by atoms with Crippen LogP contribution in [0.15, 0.2) is 59.1 Å². The van der Waals surface area contributed by atoms with E-state index in [-0.39, 0.29) is 24.3 Å². The summed E-state index contributed by atoms with van der Waals surface area (Å²) in [5.74, 6) is 0.00206. The van der Waals surface area contributed by atoms with Crippen LogP contribution in [0.1, 0.15) is 30.1 Å². The van der Waals surface area contributed by atoms with E-state index in [1.54, 1.807) is 0 Å². The number of amides is 2. The number of carbonyl (C=O) groups excluding carboxylic acids is 2. The minimum atomic E-state index is -0.251. The minimum absolute atomic E-state index is 0.133. The van der Waals surface area contributed by atoms with Crippen LogP contribution in [0.5, 0.6) is 0 Å². The third-order valence-corrected chi connectivity index (χ3v) is 4.89. The highest BCUT2D eigenvalue weighted by molar-refractivity contribution is 5.86. The minimum Gasteiger partial charge on any atom is -0.356 e. The summed E-state index contributed by atoms with van der Waals surface area (Å²) in [6.07, 6.45) is 1.59. The zero-order chi connectivity index (χ0) is 18.6. The highest BCUT2D eigenvalue weighted by Gasteiger charge is 2.25. The van der Waals surface area contributed by atoms with Crippen molar-refractivity contribution in [3.63, 3.8) is 0 Å². The molecular formula is C21H21N3O3. The fraction of sp³-hybridized carbons (Fsp3) is 0.286. The Morgan fingerprint density at radius 2 is 1.93 bits per heavy atom. The van der Waals surface area contributed by atoms with Gasteiger partial charge < -0.3 is 14.7 Å². The maximum absolute atomic E-state index is 12.7. The summed E-state index contributed by atoms with van der Waals surface area (Å²) in [5, 5.41) is 7.95. The molecule has 6 heteroatoms. The monoisotopic (exact) mass is 363 g/mol. The molecule has 1 N–H and O–H groups in total. The summed E-state index contributed by atoms with van der Waals surface area (Å²) in [4.78, 5) is 26.5. The Bertz CT molecular complexity index is 951. The SMILES string of the molecule is O=C(Cc1noc2ccccc12)N[C@H](CN1CCCC1=O)c1ccccc1. The average molecular weight is 363 g/mol. The molecule has 0 radical (unpaired) electrons. The van der Waals surface area contributed by atoms with Crippen molar-refractivity contribution in [2.45, 2.75) is 25.3 Å². The highest BCUT2D eigenvalue weighted by atomic mass is 16.5. The summed E-state index contributed by atoms with van der Waals surface area (Å²) in [5.41, 5.74) is 2.27. The highest BCUT2D eigenvalue weighted by Crippen LogP contribution is 2.21. The van der Waals surface area contributed by atoms with Crippen LogP contribution in [0.4, 0.5) is 0 Å². The van der Waals surface area contributed by atoms with Crippen molar-refractivity contribution >= 4 is 22.8 Å². The van der Waals surface area contributed by atoms with E-state index in [0.717, 1.165) is 23.9 Å². The number of carbonyl (C=O) groups is 2. The Labute approximate surface area is 157 Å². The number of benzene rings is 2. The van der Waals surface area contributed by atoms with Gasteiger partial charge in [-0.05, 0) is 24.1 Å². The summed E-state index contributed by atoms with van der Waals surface area (Å²) in [7, 11) is 0. The van der Waals surface area contributed by atoms with Crippen molar-refractivity contribution in [1.29, 1.82) is 0 Å². The van der Waals surface area contributed by atoms with E-state index in [1.807, 2.05) is 59.5 Å². The van der Waals surface area contributed by atoms with Crippen molar-refractivity contribution in [2.75, 3.05) is 13.1 Å². The number of aromatic nitrogens is 1. The van der Waals surface area contributed by atoms with Crippen LogP contribution in [0.25, 0.3) is 11.0 Å². The molecule has 2 amide bonds. The molecule has 0 unspecified atom stereocenters. The maximum atomic E-state index is 12.7. The molecule has 0 bridgehead atoms. The fourth-order valence-electron chi connectivity index (χ4n) is 3.50. The molecule has 0 spiro atoms. The lowest BCUT2D eigenvalue weighted by Crippen LogP contribution is -2.39. The second kappa shape index (κ2) is 7.61. The molecule has 4 rings (SSSR count). The molecule has 1 aliphatic rings. The Balaban J connectivity index is 1.50. The molecule has 1 aliphatic heterocycles. The number of rotatable bonds is 6. The lowest BCUT2D eigenvalue weighted by Gasteiger charge is -2.25. The van der Waals surface area contributed by atoms with E-state index in [4.69, 9.17) is 4.52 Å². The molecule has 0 saturated carbocycles. The molecule has 6 nitrogen and oxygen atoms in total. The van der Waals surface area contributed by atoms with E-state index in [1.165, 1.54) is 0 Å². The number of hydrogen-bond donors (Lipinski definition) is 1. The first-order valence-electron chi connectivity index (χ1n) is 9.16. The number of fused-ring (bicyclic) bond motifs is 1. The predicted octanol–water partition coefficient (Wildman–Crippen LogP) is 2.85. The summed E-state index contributed by atoms with van der Waals surface area (Å²) < 4.78 is 5.28. The zero-order valence-electron chi connectivity index (χ0n) is 14.9. The predicted molar refractivity (Wildman–Crippen MR) is 101 cm³/mol. The Kier molecular flexibility index (Phi) is 4.87. The van der Waals surface area contributed by atoms with Crippen molar-refractivity contribution in [1.82, 2.24) is 15.4 Å². The third kappa shape index (κ3) is 3.84. The molecule has 138 valence electrons. The standard InChI is InChI=1S/C21H21N3O3/c25-20(13-17-16-9-4-5-10-19(16)27-23-17)22-18(15-7-2-1-3-8-15)14-24-12-6-11-21(24)26/h1-5,7-10,18H,6,11-14H2,(H,22,25)/t18-/m1/s1. The molecule has 1 saturated heterocycles. The second-order valence-corrected chi connectivity index (χ2v) is 6.78. The topological polar surface area (TPSA) is 75.4 Å². The van der Waals surface area contributed by atoms with Crippen molar-refractivity contribution in [2.24, 2.45) is 0 Å². The van der Waals surface area contributed by atoms with Gasteiger partial charge in [0.1, 0.15) is 5.69 Å². The van der Waals surface area contributed by atoms with Gasteiger partial charge in [-0.15, -0.1) is 0 Å². The number of hydrogen-bond acceptors (Lipinski definition) is 4. The lowest BCUT2D eigenvalue weighted by atomic mass is 10.1. The van der Waals surface area contributed by atoms with E-state index in [0.29, 0.717) is 24.2 Å². The number of para-hydroxylation sites is 1. The van der Waals surface area contributed by atoms with Crippen molar-refractivity contribution in [3.05, 3.63) is 65.9 Å². The van der Waals surface area contributed by atoms with Crippen LogP contribution >= 0.6 is 0 Å². The Morgan fingerprint density at radius 3 is 2.70 bits per heavy atom. The van der Waals surface area contributed by atoms with Crippen LogP contribution in [-0.2, 0) is 16.0 Å². The quantitative estimate of drug-likeness (QED) is 0.731. The summed E-state index contributed by atoms with van der Waals surface area (Å²) >= 11 is 0. The van der Waals surface area contributed by atoms with Crippen LogP contribution < -0.4 is 5.32 Å². The normalized spacial score (nSPS) is 15.3. The Morgan fingerprint density at radius 1 is 1.15 bits per heavy atom. The van der Waals surface area contributed by atoms with Gasteiger partial charge in [0.05, 0.1) is 12.5 Å². The molecule has 2 aromatic carbocycles. The van der Waals surface area contributed by atoms with Gasteiger partial charge in [-0.3, -0.25) is 9.59 Å². The van der Waals surface area contributed by atoms with Gasteiger partial charge in [-0.25, -0.2) is 0 Å². The first kappa shape index (κ1) is 17.3. The van der Waals surface area contributed by atoms with Gasteiger partial charge in [0, 0.05) is 24.9 Å². The molecule has 0 aliphatic carbocycles. The van der Waals surface area contributed by atoms with E-state index < -0.39 is 0 Å². The molecule has 2 heterocycles. The summed E-state index contributed by atoms with van der Waals surface area (Å²) in [6.45, 7) is 1.22. The number of nitrogens with zero attached hydrogens (tertiary/aromatic N) is 2.